The molecule has 0 spiro atoms. The highest BCUT2D eigenvalue weighted by Gasteiger charge is 2.20. The van der Waals surface area contributed by atoms with Crippen molar-refractivity contribution in [2.75, 3.05) is 0 Å². The molecular weight excluding hydrogens is 256 g/mol. The molecule has 0 amide bonds. The van der Waals surface area contributed by atoms with Crippen LogP contribution in [0.5, 0.6) is 5.75 Å². The van der Waals surface area contributed by atoms with Crippen molar-refractivity contribution in [3.8, 4) is 5.75 Å². The fraction of sp³-hybridized carbons (Fsp3) is 0.700. The lowest BCUT2D eigenvalue weighted by Crippen LogP contribution is -2.09. The highest BCUT2D eigenvalue weighted by Crippen LogP contribution is 2.36. The van der Waals surface area contributed by atoms with E-state index in [0.717, 1.165) is 38.5 Å². The zero-order chi connectivity index (χ0) is 15.8. The molecule has 0 aromatic heterocycles. The van der Waals surface area contributed by atoms with Crippen LogP contribution >= 0.6 is 0 Å². The van der Waals surface area contributed by atoms with Gasteiger partial charge in [-0.3, -0.25) is 0 Å². The third-order valence-electron chi connectivity index (χ3n) is 4.52. The van der Waals surface area contributed by atoms with Gasteiger partial charge in [0.05, 0.1) is 0 Å². The van der Waals surface area contributed by atoms with Crippen molar-refractivity contribution in [3.05, 3.63) is 27.8 Å². The van der Waals surface area contributed by atoms with Gasteiger partial charge in [0, 0.05) is 0 Å². The topological polar surface area (TPSA) is 20.2 Å². The molecule has 0 bridgehead atoms. The van der Waals surface area contributed by atoms with Crippen LogP contribution in [0.1, 0.15) is 88.1 Å². The van der Waals surface area contributed by atoms with Gasteiger partial charge in [-0.1, -0.05) is 53.9 Å². The first-order valence-corrected chi connectivity index (χ1v) is 9.03. The van der Waals surface area contributed by atoms with Gasteiger partial charge in [-0.05, 0) is 66.3 Å². The van der Waals surface area contributed by atoms with Crippen LogP contribution in [0, 0.1) is 0 Å². The van der Waals surface area contributed by atoms with Crippen LogP contribution in [-0.4, -0.2) is 5.11 Å². The third-order valence-corrected chi connectivity index (χ3v) is 4.52. The highest BCUT2D eigenvalue weighted by molar-refractivity contribution is 5.55. The molecule has 1 aromatic rings. The van der Waals surface area contributed by atoms with Gasteiger partial charge in [-0.25, -0.2) is 0 Å². The van der Waals surface area contributed by atoms with Crippen LogP contribution in [0.2, 0.25) is 0 Å². The van der Waals surface area contributed by atoms with Crippen LogP contribution in [0.25, 0.3) is 0 Å². The minimum absolute atomic E-state index is 0.617. The quantitative estimate of drug-likeness (QED) is 0.612. The molecule has 0 radical (unpaired) electrons. The van der Waals surface area contributed by atoms with Crippen molar-refractivity contribution in [3.63, 3.8) is 0 Å². The number of benzene rings is 1. The Balaban J connectivity index is 3.54. The summed E-state index contributed by atoms with van der Waals surface area (Å²) < 4.78 is 0. The second-order valence-corrected chi connectivity index (χ2v) is 6.05. The van der Waals surface area contributed by atoms with Crippen LogP contribution in [0.4, 0.5) is 0 Å². The summed E-state index contributed by atoms with van der Waals surface area (Å²) in [6.07, 6.45) is 9.98. The van der Waals surface area contributed by atoms with Gasteiger partial charge in [-0.2, -0.15) is 0 Å². The van der Waals surface area contributed by atoms with E-state index in [0.29, 0.717) is 5.75 Å². The molecule has 0 aliphatic rings. The lowest BCUT2D eigenvalue weighted by atomic mass is 9.83. The summed E-state index contributed by atoms with van der Waals surface area (Å²) in [5, 5.41) is 10.8. The van der Waals surface area contributed by atoms with E-state index in [1.165, 1.54) is 41.5 Å². The predicted molar refractivity (Wildman–Crippen MR) is 93.5 cm³/mol. The van der Waals surface area contributed by atoms with E-state index in [4.69, 9.17) is 0 Å². The Kier molecular flexibility index (Phi) is 7.85. The van der Waals surface area contributed by atoms with Gasteiger partial charge < -0.3 is 5.11 Å². The Morgan fingerprint density at radius 1 is 0.571 bits per heavy atom. The van der Waals surface area contributed by atoms with Crippen molar-refractivity contribution in [1.29, 1.82) is 0 Å². The van der Waals surface area contributed by atoms with Gasteiger partial charge in [0.1, 0.15) is 5.75 Å². The van der Waals surface area contributed by atoms with Gasteiger partial charge in [0.25, 0.3) is 0 Å². The van der Waals surface area contributed by atoms with Crippen LogP contribution < -0.4 is 0 Å². The van der Waals surface area contributed by atoms with E-state index in [-0.39, 0.29) is 0 Å². The summed E-state index contributed by atoms with van der Waals surface area (Å²) in [6, 6.07) is 0. The second-order valence-electron chi connectivity index (χ2n) is 6.05. The maximum atomic E-state index is 10.8. The zero-order valence-corrected chi connectivity index (χ0v) is 14.8. The van der Waals surface area contributed by atoms with E-state index < -0.39 is 0 Å². The molecule has 1 heteroatoms. The molecule has 0 unspecified atom stereocenters. The van der Waals surface area contributed by atoms with Crippen molar-refractivity contribution in [1.82, 2.24) is 0 Å². The van der Waals surface area contributed by atoms with Gasteiger partial charge in [0.15, 0.2) is 0 Å². The number of phenols is 1. The second kappa shape index (κ2) is 9.12. The predicted octanol–water partition coefficient (Wildman–Crippen LogP) is 5.76. The Morgan fingerprint density at radius 2 is 1.10 bits per heavy atom. The van der Waals surface area contributed by atoms with Crippen LogP contribution in [0.3, 0.4) is 0 Å². The Morgan fingerprint density at radius 3 is 1.52 bits per heavy atom. The SMILES string of the molecule is CCCCc1c(O)c(CC)c(CC)c(CCC)c1CCC. The molecule has 0 saturated heterocycles. The molecule has 1 nitrogen and oxygen atoms in total. The lowest BCUT2D eigenvalue weighted by Gasteiger charge is -2.23. The van der Waals surface area contributed by atoms with Crippen LogP contribution in [0.15, 0.2) is 0 Å². The summed E-state index contributed by atoms with van der Waals surface area (Å²) in [4.78, 5) is 0. The summed E-state index contributed by atoms with van der Waals surface area (Å²) in [5.41, 5.74) is 6.94. The van der Waals surface area contributed by atoms with Crippen LogP contribution in [-0.2, 0) is 32.1 Å². The summed E-state index contributed by atoms with van der Waals surface area (Å²) in [6.45, 7) is 11.1. The molecule has 120 valence electrons. The molecule has 0 fully saturated rings. The van der Waals surface area contributed by atoms with E-state index in [1.807, 2.05) is 0 Å². The largest absolute Gasteiger partial charge is 0.507 e. The minimum Gasteiger partial charge on any atom is -0.507 e. The molecule has 21 heavy (non-hydrogen) atoms. The smallest absolute Gasteiger partial charge is 0.122 e. The number of hydrogen-bond acceptors (Lipinski definition) is 1. The van der Waals surface area contributed by atoms with Crippen molar-refractivity contribution in [2.45, 2.75) is 92.4 Å². The maximum absolute atomic E-state index is 10.8. The van der Waals surface area contributed by atoms with E-state index >= 15 is 0 Å². The number of phenolic OH excluding ortho intramolecular Hbond substituents is 1. The fourth-order valence-electron chi connectivity index (χ4n) is 3.55. The lowest BCUT2D eigenvalue weighted by molar-refractivity contribution is 0.457. The third kappa shape index (κ3) is 4.02. The molecule has 1 rings (SSSR count). The molecule has 0 aliphatic heterocycles. The fourth-order valence-corrected chi connectivity index (χ4v) is 3.55. The zero-order valence-electron chi connectivity index (χ0n) is 14.8. The molecule has 0 atom stereocenters. The molecule has 0 saturated carbocycles. The first kappa shape index (κ1) is 18.1. The molecule has 1 aromatic carbocycles. The molecule has 0 aliphatic carbocycles. The standard InChI is InChI=1S/C20H34O/c1-6-11-14-19-18(13-8-3)17(12-7-2)15(9-4)16(10-5)20(19)21/h21H,6-14H2,1-5H3. The van der Waals surface area contributed by atoms with Gasteiger partial charge in [-0.15, -0.1) is 0 Å². The highest BCUT2D eigenvalue weighted by atomic mass is 16.3. The maximum Gasteiger partial charge on any atom is 0.122 e. The number of rotatable bonds is 9. The monoisotopic (exact) mass is 290 g/mol. The first-order valence-electron chi connectivity index (χ1n) is 9.03. The van der Waals surface area contributed by atoms with Gasteiger partial charge >= 0.3 is 0 Å². The summed E-state index contributed by atoms with van der Waals surface area (Å²) >= 11 is 0. The van der Waals surface area contributed by atoms with E-state index in [2.05, 4.69) is 34.6 Å². The number of unbranched alkanes of at least 4 members (excludes halogenated alkanes) is 1. The average Bonchev–Trinajstić information content (AvgIpc) is 2.49. The minimum atomic E-state index is 0.617. The van der Waals surface area contributed by atoms with E-state index in [9.17, 15) is 5.11 Å². The Bertz CT molecular complexity index is 446. The average molecular weight is 290 g/mol. The van der Waals surface area contributed by atoms with Crippen molar-refractivity contribution < 1.29 is 5.11 Å². The molecule has 0 heterocycles. The van der Waals surface area contributed by atoms with E-state index in [1.54, 1.807) is 5.56 Å². The number of hydrogen-bond donors (Lipinski definition) is 1. The number of aromatic hydroxyl groups is 1. The summed E-state index contributed by atoms with van der Waals surface area (Å²) in [7, 11) is 0. The normalized spacial score (nSPS) is 11.1. The van der Waals surface area contributed by atoms with Gasteiger partial charge in [0.2, 0.25) is 0 Å². The Labute approximate surface area is 131 Å². The van der Waals surface area contributed by atoms with Crippen molar-refractivity contribution in [2.24, 2.45) is 0 Å². The molecular formula is C20H34O. The Hall–Kier alpha value is -0.980. The molecule has 1 N–H and O–H groups in total. The summed E-state index contributed by atoms with van der Waals surface area (Å²) in [5.74, 6) is 0.617. The first-order chi connectivity index (χ1) is 10.2. The van der Waals surface area contributed by atoms with Crippen molar-refractivity contribution >= 4 is 0 Å².